The molecule has 1 aromatic carbocycles. The predicted molar refractivity (Wildman–Crippen MR) is 75.9 cm³/mol. The number of aliphatic hydroxyl groups is 1. The third-order valence-electron chi connectivity index (χ3n) is 4.98. The number of carbonyl (C=O) groups is 2. The molecule has 128 valence electrons. The number of carbonyl (C=O) groups excluding carboxylic acids is 2. The van der Waals surface area contributed by atoms with E-state index in [1.165, 1.54) is 19.2 Å². The molecule has 0 radical (unpaired) electrons. The van der Waals surface area contributed by atoms with Crippen LogP contribution in [0.4, 0.5) is 0 Å². The van der Waals surface area contributed by atoms with E-state index in [1.54, 1.807) is 12.1 Å². The number of aromatic hydroxyl groups is 1. The topological polar surface area (TPSA) is 112 Å². The molecule has 8 heteroatoms. The fourth-order valence-corrected chi connectivity index (χ4v) is 3.94. The largest absolute Gasteiger partial charge is 0.508 e. The number of phenolic OH excluding ortho intramolecular Hbond substituents is 1. The first-order valence-corrected chi connectivity index (χ1v) is 7.53. The molecule has 3 unspecified atom stereocenters. The molecule has 4 rings (SSSR count). The molecule has 3 aliphatic heterocycles. The molecular formula is C16H16O8. The Bertz CT molecular complexity index is 701. The zero-order chi connectivity index (χ0) is 17.1. The van der Waals surface area contributed by atoms with E-state index in [1.807, 2.05) is 0 Å². The number of methoxy groups -OCH3 is 1. The molecule has 1 aromatic rings. The number of phenols is 1. The Morgan fingerprint density at radius 1 is 1.25 bits per heavy atom. The van der Waals surface area contributed by atoms with Crippen molar-refractivity contribution in [3.05, 3.63) is 29.8 Å². The molecule has 1 spiro atoms. The van der Waals surface area contributed by atoms with Gasteiger partial charge in [0.15, 0.2) is 6.10 Å². The van der Waals surface area contributed by atoms with Crippen LogP contribution in [0.3, 0.4) is 0 Å². The van der Waals surface area contributed by atoms with E-state index < -0.39 is 41.5 Å². The van der Waals surface area contributed by atoms with Crippen molar-refractivity contribution in [3.8, 4) is 5.75 Å². The highest BCUT2D eigenvalue weighted by Gasteiger charge is 2.81. The summed E-state index contributed by atoms with van der Waals surface area (Å²) in [6.45, 7) is -0.104. The molecule has 0 aromatic heterocycles. The molecule has 0 aliphatic carbocycles. The Morgan fingerprint density at radius 3 is 2.62 bits per heavy atom. The molecule has 8 nitrogen and oxygen atoms in total. The van der Waals surface area contributed by atoms with E-state index in [-0.39, 0.29) is 18.8 Å². The second-order valence-corrected chi connectivity index (χ2v) is 6.13. The SMILES string of the molecule is COC12OCC(O)C1OC(=O)[C@@]21OC(=O)C[C@@H]1c1ccc(O)cc1. The minimum Gasteiger partial charge on any atom is -0.508 e. The lowest BCUT2D eigenvalue weighted by Crippen LogP contribution is -2.61. The van der Waals surface area contributed by atoms with Crippen molar-refractivity contribution < 1.29 is 38.7 Å². The second kappa shape index (κ2) is 4.92. The maximum absolute atomic E-state index is 12.7. The first-order chi connectivity index (χ1) is 11.4. The van der Waals surface area contributed by atoms with E-state index in [9.17, 15) is 19.8 Å². The fraction of sp³-hybridized carbons (Fsp3) is 0.500. The number of hydrogen-bond donors (Lipinski definition) is 2. The number of aliphatic hydroxyl groups excluding tert-OH is 1. The fourth-order valence-electron chi connectivity index (χ4n) is 3.94. The van der Waals surface area contributed by atoms with Crippen molar-refractivity contribution in [1.29, 1.82) is 0 Å². The number of fused-ring (bicyclic) bond motifs is 2. The Labute approximate surface area is 136 Å². The summed E-state index contributed by atoms with van der Waals surface area (Å²) in [4.78, 5) is 24.8. The lowest BCUT2D eigenvalue weighted by atomic mass is 9.76. The zero-order valence-electron chi connectivity index (χ0n) is 12.8. The van der Waals surface area contributed by atoms with Gasteiger partial charge in [-0.3, -0.25) is 4.79 Å². The van der Waals surface area contributed by atoms with Crippen LogP contribution in [0, 0.1) is 0 Å². The van der Waals surface area contributed by atoms with Crippen LogP contribution < -0.4 is 0 Å². The average Bonchev–Trinajstić information content (AvgIpc) is 3.15. The van der Waals surface area contributed by atoms with Crippen LogP contribution in [0.5, 0.6) is 5.75 Å². The van der Waals surface area contributed by atoms with Gasteiger partial charge in [0.05, 0.1) is 18.9 Å². The highest BCUT2D eigenvalue weighted by atomic mass is 16.8. The van der Waals surface area contributed by atoms with Gasteiger partial charge in [-0.15, -0.1) is 0 Å². The number of ether oxygens (including phenoxy) is 4. The van der Waals surface area contributed by atoms with Gasteiger partial charge in [0.1, 0.15) is 11.9 Å². The van der Waals surface area contributed by atoms with Crippen LogP contribution in [0.25, 0.3) is 0 Å². The van der Waals surface area contributed by atoms with Gasteiger partial charge in [-0.25, -0.2) is 4.79 Å². The maximum atomic E-state index is 12.7. The third-order valence-corrected chi connectivity index (χ3v) is 4.98. The molecule has 3 saturated heterocycles. The monoisotopic (exact) mass is 336 g/mol. The molecule has 3 aliphatic rings. The standard InChI is InChI=1S/C16H16O8/c1-21-16-13(11(18)7-22-16)23-14(20)15(16)10(6-12(19)24-15)8-2-4-9(17)5-3-8/h2-5,10-11,13,17-18H,6-7H2,1H3/t10-,11?,13?,15-,16?/m1/s1. The van der Waals surface area contributed by atoms with E-state index in [0.717, 1.165) is 0 Å². The van der Waals surface area contributed by atoms with Crippen molar-refractivity contribution in [3.63, 3.8) is 0 Å². The van der Waals surface area contributed by atoms with Crippen molar-refractivity contribution in [1.82, 2.24) is 0 Å². The molecule has 0 amide bonds. The van der Waals surface area contributed by atoms with E-state index in [0.29, 0.717) is 5.56 Å². The van der Waals surface area contributed by atoms with E-state index >= 15 is 0 Å². The van der Waals surface area contributed by atoms with Crippen molar-refractivity contribution in [2.24, 2.45) is 0 Å². The van der Waals surface area contributed by atoms with Crippen LogP contribution in [0.2, 0.25) is 0 Å². The molecule has 5 atom stereocenters. The summed E-state index contributed by atoms with van der Waals surface area (Å²) in [6.07, 6.45) is -2.23. The molecule has 3 heterocycles. The molecule has 0 saturated carbocycles. The van der Waals surface area contributed by atoms with Gasteiger partial charge in [-0.2, -0.15) is 0 Å². The summed E-state index contributed by atoms with van der Waals surface area (Å²) in [6, 6.07) is 6.10. The molecular weight excluding hydrogens is 320 g/mol. The number of rotatable bonds is 2. The number of hydrogen-bond acceptors (Lipinski definition) is 8. The van der Waals surface area contributed by atoms with Crippen LogP contribution in [0.15, 0.2) is 24.3 Å². The first kappa shape index (κ1) is 15.4. The lowest BCUT2D eigenvalue weighted by Gasteiger charge is -2.38. The van der Waals surface area contributed by atoms with Crippen LogP contribution >= 0.6 is 0 Å². The van der Waals surface area contributed by atoms with Gasteiger partial charge in [0.25, 0.3) is 11.4 Å². The summed E-state index contributed by atoms with van der Waals surface area (Å²) >= 11 is 0. The first-order valence-electron chi connectivity index (χ1n) is 7.53. The Hall–Kier alpha value is -2.16. The average molecular weight is 336 g/mol. The van der Waals surface area contributed by atoms with Gasteiger partial charge in [0, 0.05) is 7.11 Å². The predicted octanol–water partition coefficient (Wildman–Crippen LogP) is -0.179. The minimum atomic E-state index is -1.84. The van der Waals surface area contributed by atoms with Gasteiger partial charge >= 0.3 is 11.9 Å². The van der Waals surface area contributed by atoms with Crippen LogP contribution in [-0.4, -0.2) is 59.5 Å². The normalized spacial score (nSPS) is 40.7. The highest BCUT2D eigenvalue weighted by Crippen LogP contribution is 2.57. The van der Waals surface area contributed by atoms with E-state index in [4.69, 9.17) is 18.9 Å². The summed E-state index contributed by atoms with van der Waals surface area (Å²) in [5.41, 5.74) is -1.24. The Balaban J connectivity index is 1.88. The Morgan fingerprint density at radius 2 is 1.96 bits per heavy atom. The summed E-state index contributed by atoms with van der Waals surface area (Å²) in [7, 11) is 1.31. The summed E-state index contributed by atoms with van der Waals surface area (Å²) in [5.74, 6) is -3.78. The zero-order valence-corrected chi connectivity index (χ0v) is 12.8. The van der Waals surface area contributed by atoms with Crippen LogP contribution in [-0.2, 0) is 28.5 Å². The summed E-state index contributed by atoms with van der Waals surface area (Å²) < 4.78 is 21.8. The summed E-state index contributed by atoms with van der Waals surface area (Å²) in [5, 5.41) is 19.5. The highest BCUT2D eigenvalue weighted by molar-refractivity contribution is 5.92. The van der Waals surface area contributed by atoms with Gasteiger partial charge < -0.3 is 29.2 Å². The maximum Gasteiger partial charge on any atom is 0.357 e. The molecule has 0 bridgehead atoms. The third kappa shape index (κ3) is 1.68. The van der Waals surface area contributed by atoms with Gasteiger partial charge in [0.2, 0.25) is 0 Å². The van der Waals surface area contributed by atoms with Gasteiger partial charge in [-0.1, -0.05) is 12.1 Å². The number of esters is 2. The molecule has 24 heavy (non-hydrogen) atoms. The van der Waals surface area contributed by atoms with Crippen molar-refractivity contribution in [2.45, 2.75) is 35.9 Å². The molecule has 3 fully saturated rings. The van der Waals surface area contributed by atoms with Crippen molar-refractivity contribution >= 4 is 11.9 Å². The minimum absolute atomic E-state index is 0.0545. The lowest BCUT2D eigenvalue weighted by molar-refractivity contribution is -0.278. The van der Waals surface area contributed by atoms with E-state index in [2.05, 4.69) is 0 Å². The van der Waals surface area contributed by atoms with Crippen molar-refractivity contribution in [2.75, 3.05) is 13.7 Å². The van der Waals surface area contributed by atoms with Crippen LogP contribution in [0.1, 0.15) is 17.9 Å². The molecule has 2 N–H and O–H groups in total. The second-order valence-electron chi connectivity index (χ2n) is 6.13. The number of benzene rings is 1. The smallest absolute Gasteiger partial charge is 0.357 e. The quantitative estimate of drug-likeness (QED) is 0.716. The Kier molecular flexibility index (Phi) is 3.15. The van der Waals surface area contributed by atoms with Gasteiger partial charge in [-0.05, 0) is 17.7 Å².